The van der Waals surface area contributed by atoms with Crippen LogP contribution in [0.5, 0.6) is 0 Å². The van der Waals surface area contributed by atoms with E-state index in [1.165, 1.54) is 12.2 Å². The maximum Gasteiger partial charge on any atom is 0.331 e. The molecule has 25 heavy (non-hydrogen) atoms. The molecule has 7 heteroatoms. The first-order valence-electron chi connectivity index (χ1n) is 7.54. The molecule has 0 aliphatic rings. The number of pyridine rings is 1. The van der Waals surface area contributed by atoms with Crippen molar-refractivity contribution < 1.29 is 18.8 Å². The molecular formula is C18H15N3O4. The van der Waals surface area contributed by atoms with Crippen LogP contribution in [0.1, 0.15) is 11.5 Å². The number of carbonyl (C=O) groups excluding carboxylic acids is 2. The molecular weight excluding hydrogens is 322 g/mol. The SMILES string of the molecule is Cc1cc(NC(=O)COC(=O)/C=C/c2ccc3ccccc3n2)no1. The van der Waals surface area contributed by atoms with Crippen LogP contribution in [-0.4, -0.2) is 28.6 Å². The molecule has 1 aromatic carbocycles. The van der Waals surface area contributed by atoms with Gasteiger partial charge < -0.3 is 14.6 Å². The molecule has 0 atom stereocenters. The minimum Gasteiger partial charge on any atom is -0.452 e. The lowest BCUT2D eigenvalue weighted by Crippen LogP contribution is -2.20. The summed E-state index contributed by atoms with van der Waals surface area (Å²) in [5.41, 5.74) is 1.46. The molecule has 0 unspecified atom stereocenters. The van der Waals surface area contributed by atoms with Crippen molar-refractivity contribution in [3.8, 4) is 0 Å². The maximum absolute atomic E-state index is 11.7. The molecule has 2 aromatic heterocycles. The van der Waals surface area contributed by atoms with Gasteiger partial charge in [0.25, 0.3) is 5.91 Å². The van der Waals surface area contributed by atoms with Gasteiger partial charge in [0.1, 0.15) is 5.76 Å². The molecule has 2 heterocycles. The van der Waals surface area contributed by atoms with Crippen molar-refractivity contribution in [2.45, 2.75) is 6.92 Å². The van der Waals surface area contributed by atoms with E-state index >= 15 is 0 Å². The highest BCUT2D eigenvalue weighted by molar-refractivity contribution is 5.94. The van der Waals surface area contributed by atoms with Crippen LogP contribution in [0.25, 0.3) is 17.0 Å². The van der Waals surface area contributed by atoms with Crippen LogP contribution in [-0.2, 0) is 14.3 Å². The number of aromatic nitrogens is 2. The van der Waals surface area contributed by atoms with Gasteiger partial charge in [-0.25, -0.2) is 9.78 Å². The quantitative estimate of drug-likeness (QED) is 0.568. The lowest BCUT2D eigenvalue weighted by Gasteiger charge is -2.02. The summed E-state index contributed by atoms with van der Waals surface area (Å²) in [6, 6.07) is 13.0. The Morgan fingerprint density at radius 3 is 2.88 bits per heavy atom. The van der Waals surface area contributed by atoms with Crippen LogP contribution in [0.3, 0.4) is 0 Å². The number of esters is 1. The van der Waals surface area contributed by atoms with E-state index in [0.29, 0.717) is 11.5 Å². The van der Waals surface area contributed by atoms with Gasteiger partial charge in [0.15, 0.2) is 12.4 Å². The van der Waals surface area contributed by atoms with E-state index in [2.05, 4.69) is 15.5 Å². The monoisotopic (exact) mass is 337 g/mol. The second-order valence-electron chi connectivity index (χ2n) is 5.24. The largest absolute Gasteiger partial charge is 0.452 e. The van der Waals surface area contributed by atoms with Crippen molar-refractivity contribution in [2.24, 2.45) is 0 Å². The molecule has 0 radical (unpaired) electrons. The first kappa shape index (κ1) is 16.4. The third kappa shape index (κ3) is 4.51. The number of carbonyl (C=O) groups is 2. The predicted molar refractivity (Wildman–Crippen MR) is 91.6 cm³/mol. The van der Waals surface area contributed by atoms with Crippen molar-refractivity contribution in [1.82, 2.24) is 10.1 Å². The summed E-state index contributed by atoms with van der Waals surface area (Å²) in [7, 11) is 0. The van der Waals surface area contributed by atoms with Gasteiger partial charge >= 0.3 is 5.97 Å². The summed E-state index contributed by atoms with van der Waals surface area (Å²) >= 11 is 0. The summed E-state index contributed by atoms with van der Waals surface area (Å²) in [5.74, 6) is -0.298. The van der Waals surface area contributed by atoms with Crippen LogP contribution in [0.2, 0.25) is 0 Å². The molecule has 1 amide bonds. The van der Waals surface area contributed by atoms with E-state index in [1.54, 1.807) is 19.1 Å². The van der Waals surface area contributed by atoms with Crippen molar-refractivity contribution in [3.63, 3.8) is 0 Å². The number of para-hydroxylation sites is 1. The Hall–Kier alpha value is -3.48. The van der Waals surface area contributed by atoms with Crippen LogP contribution in [0, 0.1) is 6.92 Å². The molecule has 126 valence electrons. The van der Waals surface area contributed by atoms with Gasteiger partial charge in [-0.2, -0.15) is 0 Å². The molecule has 0 bridgehead atoms. The Morgan fingerprint density at radius 2 is 2.08 bits per heavy atom. The van der Waals surface area contributed by atoms with Crippen LogP contribution in [0.15, 0.2) is 53.1 Å². The smallest absolute Gasteiger partial charge is 0.331 e. The van der Waals surface area contributed by atoms with E-state index in [9.17, 15) is 9.59 Å². The highest BCUT2D eigenvalue weighted by Crippen LogP contribution is 2.12. The van der Waals surface area contributed by atoms with Gasteiger partial charge in [-0.1, -0.05) is 29.4 Å². The third-order valence-corrected chi connectivity index (χ3v) is 3.25. The number of rotatable bonds is 5. The first-order valence-corrected chi connectivity index (χ1v) is 7.54. The lowest BCUT2D eigenvalue weighted by molar-refractivity contribution is -0.142. The second-order valence-corrected chi connectivity index (χ2v) is 5.24. The molecule has 0 saturated carbocycles. The van der Waals surface area contributed by atoms with E-state index in [-0.39, 0.29) is 5.82 Å². The van der Waals surface area contributed by atoms with Gasteiger partial charge in [0.2, 0.25) is 0 Å². The fourth-order valence-corrected chi connectivity index (χ4v) is 2.12. The summed E-state index contributed by atoms with van der Waals surface area (Å²) in [4.78, 5) is 27.7. The number of hydrogen-bond donors (Lipinski definition) is 1. The standard InChI is InChI=1S/C18H15N3O4/c1-12-10-16(21-25-12)20-17(22)11-24-18(23)9-8-14-7-6-13-4-2-3-5-15(13)19-14/h2-10H,11H2,1H3,(H,20,21,22)/b9-8+. The van der Waals surface area contributed by atoms with Gasteiger partial charge in [-0.3, -0.25) is 4.79 Å². The summed E-state index contributed by atoms with van der Waals surface area (Å²) in [6.45, 7) is 1.29. The maximum atomic E-state index is 11.7. The summed E-state index contributed by atoms with van der Waals surface area (Å²) < 4.78 is 9.69. The number of amides is 1. The van der Waals surface area contributed by atoms with Crippen molar-refractivity contribution in [3.05, 3.63) is 60.0 Å². The Bertz CT molecular complexity index is 946. The van der Waals surface area contributed by atoms with Crippen molar-refractivity contribution >= 4 is 34.7 Å². The Labute approximate surface area is 143 Å². The number of hydrogen-bond acceptors (Lipinski definition) is 6. The topological polar surface area (TPSA) is 94.3 Å². The second kappa shape index (κ2) is 7.39. The van der Waals surface area contributed by atoms with Gasteiger partial charge in [0, 0.05) is 17.5 Å². The zero-order chi connectivity index (χ0) is 17.6. The average molecular weight is 337 g/mol. The molecule has 0 aliphatic carbocycles. The minimum absolute atomic E-state index is 0.273. The number of ether oxygens (including phenoxy) is 1. The van der Waals surface area contributed by atoms with E-state index in [0.717, 1.165) is 10.9 Å². The molecule has 3 rings (SSSR count). The van der Waals surface area contributed by atoms with E-state index < -0.39 is 18.5 Å². The zero-order valence-electron chi connectivity index (χ0n) is 13.4. The minimum atomic E-state index is -0.638. The average Bonchev–Trinajstić information content (AvgIpc) is 3.02. The molecule has 0 spiro atoms. The fraction of sp³-hybridized carbons (Fsp3) is 0.111. The van der Waals surface area contributed by atoms with Crippen molar-refractivity contribution in [2.75, 3.05) is 11.9 Å². The van der Waals surface area contributed by atoms with Crippen LogP contribution < -0.4 is 5.32 Å². The van der Waals surface area contributed by atoms with Gasteiger partial charge in [-0.15, -0.1) is 0 Å². The van der Waals surface area contributed by atoms with Crippen LogP contribution in [0.4, 0.5) is 5.82 Å². The predicted octanol–water partition coefficient (Wildman–Crippen LogP) is 2.73. The van der Waals surface area contributed by atoms with Gasteiger partial charge in [-0.05, 0) is 25.1 Å². The third-order valence-electron chi connectivity index (χ3n) is 3.25. The highest BCUT2D eigenvalue weighted by atomic mass is 16.5. The highest BCUT2D eigenvalue weighted by Gasteiger charge is 2.08. The summed E-state index contributed by atoms with van der Waals surface area (Å²) in [5, 5.41) is 7.08. The summed E-state index contributed by atoms with van der Waals surface area (Å²) in [6.07, 6.45) is 2.76. The fourth-order valence-electron chi connectivity index (χ4n) is 2.12. The molecule has 3 aromatic rings. The molecule has 1 N–H and O–H groups in total. The number of nitrogens with one attached hydrogen (secondary N) is 1. The Kier molecular flexibility index (Phi) is 4.84. The number of benzene rings is 1. The molecule has 0 saturated heterocycles. The van der Waals surface area contributed by atoms with E-state index in [4.69, 9.17) is 9.26 Å². The van der Waals surface area contributed by atoms with Gasteiger partial charge in [0.05, 0.1) is 11.2 Å². The molecule has 0 fully saturated rings. The first-order chi connectivity index (χ1) is 12.1. The Balaban J connectivity index is 1.52. The van der Waals surface area contributed by atoms with E-state index in [1.807, 2.05) is 30.3 Å². The van der Waals surface area contributed by atoms with Crippen molar-refractivity contribution in [1.29, 1.82) is 0 Å². The molecule has 7 nitrogen and oxygen atoms in total. The normalized spacial score (nSPS) is 10.9. The number of nitrogens with zero attached hydrogens (tertiary/aromatic N) is 2. The number of fused-ring (bicyclic) bond motifs is 1. The number of aryl methyl sites for hydroxylation is 1. The Morgan fingerprint density at radius 1 is 1.24 bits per heavy atom. The zero-order valence-corrected chi connectivity index (χ0v) is 13.4. The lowest BCUT2D eigenvalue weighted by atomic mass is 10.2. The number of anilines is 1. The molecule has 0 aliphatic heterocycles. The van der Waals surface area contributed by atoms with Crippen LogP contribution >= 0.6 is 0 Å².